The van der Waals surface area contributed by atoms with Gasteiger partial charge in [-0.25, -0.2) is 15.0 Å². The van der Waals surface area contributed by atoms with Gasteiger partial charge < -0.3 is 0 Å². The third-order valence-corrected chi connectivity index (χ3v) is 2.85. The Morgan fingerprint density at radius 2 is 2.19 bits per heavy atom. The minimum absolute atomic E-state index is 0.0898. The van der Waals surface area contributed by atoms with Gasteiger partial charge in [0.15, 0.2) is 5.16 Å². The highest BCUT2D eigenvalue weighted by Crippen LogP contribution is 2.15. The zero-order valence-electron chi connectivity index (χ0n) is 8.91. The molecule has 0 N–H and O–H groups in total. The van der Waals surface area contributed by atoms with E-state index in [9.17, 15) is 4.79 Å². The third-order valence-electron chi connectivity index (χ3n) is 2.12. The molecule has 16 heavy (non-hydrogen) atoms. The maximum atomic E-state index is 11.7. The molecule has 0 radical (unpaired) electrons. The van der Waals surface area contributed by atoms with E-state index in [0.717, 1.165) is 0 Å². The quantitative estimate of drug-likeness (QED) is 0.572. The van der Waals surface area contributed by atoms with Crippen LogP contribution in [0.2, 0.25) is 0 Å². The monoisotopic (exact) mass is 234 g/mol. The van der Waals surface area contributed by atoms with Gasteiger partial charge in [-0.15, -0.1) is 0 Å². The fraction of sp³-hybridized carbons (Fsp3) is 0.200. The lowest BCUT2D eigenvalue weighted by atomic mass is 10.3. The zero-order chi connectivity index (χ0) is 11.5. The molecule has 0 spiro atoms. The molecule has 0 amide bonds. The normalized spacial score (nSPS) is 10.4. The Bertz CT molecular complexity index is 552. The molecular weight excluding hydrogens is 224 g/mol. The second-order valence-corrected chi connectivity index (χ2v) is 3.89. The average Bonchev–Trinajstić information content (AvgIpc) is 2.33. The van der Waals surface area contributed by atoms with Crippen LogP contribution in [0.15, 0.2) is 34.6 Å². The highest BCUT2D eigenvalue weighted by Gasteiger charge is 2.07. The van der Waals surface area contributed by atoms with Crippen molar-refractivity contribution >= 4 is 11.8 Å². The van der Waals surface area contributed by atoms with Crippen LogP contribution in [0.1, 0.15) is 0 Å². The van der Waals surface area contributed by atoms with Gasteiger partial charge >= 0.3 is 0 Å². The first-order chi connectivity index (χ1) is 7.72. The van der Waals surface area contributed by atoms with Crippen molar-refractivity contribution in [3.8, 4) is 11.4 Å². The molecule has 0 atom stereocenters. The summed E-state index contributed by atoms with van der Waals surface area (Å²) in [6.07, 6.45) is 4.94. The summed E-state index contributed by atoms with van der Waals surface area (Å²) in [5, 5.41) is 0.668. The zero-order valence-corrected chi connectivity index (χ0v) is 9.73. The topological polar surface area (TPSA) is 60.7 Å². The van der Waals surface area contributed by atoms with E-state index in [2.05, 4.69) is 15.0 Å². The van der Waals surface area contributed by atoms with Gasteiger partial charge in [0.1, 0.15) is 6.33 Å². The minimum Gasteiger partial charge on any atom is -0.291 e. The van der Waals surface area contributed by atoms with Crippen LogP contribution in [-0.2, 0) is 7.05 Å². The van der Waals surface area contributed by atoms with E-state index in [1.54, 1.807) is 19.3 Å². The predicted octanol–water partition coefficient (Wildman–Crippen LogP) is 0.959. The molecular formula is C10H10N4OS. The smallest absolute Gasteiger partial charge is 0.254 e. The van der Waals surface area contributed by atoms with E-state index in [4.69, 9.17) is 0 Å². The minimum atomic E-state index is -0.0898. The van der Waals surface area contributed by atoms with Crippen molar-refractivity contribution in [3.05, 3.63) is 35.0 Å². The summed E-state index contributed by atoms with van der Waals surface area (Å²) in [6, 6.07) is 3.20. The van der Waals surface area contributed by atoms with Gasteiger partial charge in [-0.3, -0.25) is 9.36 Å². The molecule has 0 aromatic carbocycles. The molecule has 0 aliphatic rings. The van der Waals surface area contributed by atoms with Crippen LogP contribution in [0, 0.1) is 0 Å². The van der Waals surface area contributed by atoms with Crippen LogP contribution in [0.4, 0.5) is 0 Å². The molecule has 0 fully saturated rings. The molecule has 5 nitrogen and oxygen atoms in total. The molecule has 0 aliphatic carbocycles. The standard InChI is InChI=1S/C10H10N4OS/c1-14-9(15)5-8(13-10(14)16-2)7-3-4-11-6-12-7/h3-6H,1-2H3. The van der Waals surface area contributed by atoms with E-state index in [-0.39, 0.29) is 5.56 Å². The highest BCUT2D eigenvalue weighted by molar-refractivity contribution is 7.98. The van der Waals surface area contributed by atoms with Crippen molar-refractivity contribution in [1.82, 2.24) is 19.5 Å². The molecule has 82 valence electrons. The Kier molecular flexibility index (Phi) is 3.00. The molecule has 0 unspecified atom stereocenters. The summed E-state index contributed by atoms with van der Waals surface area (Å²) in [7, 11) is 1.70. The van der Waals surface area contributed by atoms with Crippen molar-refractivity contribution in [2.75, 3.05) is 6.26 Å². The van der Waals surface area contributed by atoms with Gasteiger partial charge in [-0.2, -0.15) is 0 Å². The molecule has 0 bridgehead atoms. The van der Waals surface area contributed by atoms with Crippen LogP contribution in [0.5, 0.6) is 0 Å². The van der Waals surface area contributed by atoms with Crippen LogP contribution >= 0.6 is 11.8 Å². The fourth-order valence-corrected chi connectivity index (χ4v) is 1.83. The molecule has 0 aliphatic heterocycles. The van der Waals surface area contributed by atoms with E-state index >= 15 is 0 Å². The largest absolute Gasteiger partial charge is 0.291 e. The summed E-state index contributed by atoms with van der Waals surface area (Å²) in [4.78, 5) is 23.9. The lowest BCUT2D eigenvalue weighted by molar-refractivity contribution is 0.712. The van der Waals surface area contributed by atoms with Gasteiger partial charge in [0.05, 0.1) is 11.4 Å². The van der Waals surface area contributed by atoms with Gasteiger partial charge in [-0.1, -0.05) is 11.8 Å². The first-order valence-electron chi connectivity index (χ1n) is 4.61. The van der Waals surface area contributed by atoms with Crippen LogP contribution < -0.4 is 5.56 Å². The Morgan fingerprint density at radius 3 is 2.81 bits per heavy atom. The van der Waals surface area contributed by atoms with Crippen molar-refractivity contribution in [2.24, 2.45) is 7.05 Å². The van der Waals surface area contributed by atoms with E-state index in [0.29, 0.717) is 16.5 Å². The average molecular weight is 234 g/mol. The van der Waals surface area contributed by atoms with Crippen LogP contribution in [0.3, 0.4) is 0 Å². The molecule has 0 saturated heterocycles. The Balaban J connectivity index is 2.60. The number of nitrogens with zero attached hydrogens (tertiary/aromatic N) is 4. The summed E-state index contributed by atoms with van der Waals surface area (Å²) < 4.78 is 1.51. The number of hydrogen-bond acceptors (Lipinski definition) is 5. The Labute approximate surface area is 96.6 Å². The SMILES string of the molecule is CSc1nc(-c2ccncn2)cc(=O)n1C. The summed E-state index contributed by atoms with van der Waals surface area (Å²) in [6.45, 7) is 0. The lowest BCUT2D eigenvalue weighted by Crippen LogP contribution is -2.19. The number of aromatic nitrogens is 4. The van der Waals surface area contributed by atoms with Crippen molar-refractivity contribution in [1.29, 1.82) is 0 Å². The first kappa shape index (κ1) is 10.8. The third kappa shape index (κ3) is 1.96. The van der Waals surface area contributed by atoms with Crippen molar-refractivity contribution in [3.63, 3.8) is 0 Å². The van der Waals surface area contributed by atoms with E-state index in [1.165, 1.54) is 28.7 Å². The van der Waals surface area contributed by atoms with Gasteiger partial charge in [0.2, 0.25) is 0 Å². The molecule has 2 rings (SSSR count). The first-order valence-corrected chi connectivity index (χ1v) is 5.83. The lowest BCUT2D eigenvalue weighted by Gasteiger charge is -2.06. The van der Waals surface area contributed by atoms with Crippen molar-refractivity contribution < 1.29 is 0 Å². The van der Waals surface area contributed by atoms with E-state index in [1.807, 2.05) is 6.26 Å². The fourth-order valence-electron chi connectivity index (χ4n) is 1.27. The number of rotatable bonds is 2. The summed E-state index contributed by atoms with van der Waals surface area (Å²) >= 11 is 1.43. The summed E-state index contributed by atoms with van der Waals surface area (Å²) in [5.74, 6) is 0. The molecule has 6 heteroatoms. The van der Waals surface area contributed by atoms with Gasteiger partial charge in [0, 0.05) is 19.3 Å². The Morgan fingerprint density at radius 1 is 1.38 bits per heavy atom. The Hall–Kier alpha value is -1.69. The van der Waals surface area contributed by atoms with Gasteiger partial charge in [-0.05, 0) is 12.3 Å². The summed E-state index contributed by atoms with van der Waals surface area (Å²) in [5.41, 5.74) is 1.14. The molecule has 0 saturated carbocycles. The van der Waals surface area contributed by atoms with Crippen molar-refractivity contribution in [2.45, 2.75) is 5.16 Å². The van der Waals surface area contributed by atoms with E-state index < -0.39 is 0 Å². The van der Waals surface area contributed by atoms with Crippen LogP contribution in [0.25, 0.3) is 11.4 Å². The number of thioether (sulfide) groups is 1. The molecule has 2 aromatic heterocycles. The highest BCUT2D eigenvalue weighted by atomic mass is 32.2. The maximum absolute atomic E-state index is 11.7. The molecule has 2 heterocycles. The van der Waals surface area contributed by atoms with Crippen LogP contribution in [-0.4, -0.2) is 25.8 Å². The second kappa shape index (κ2) is 4.44. The second-order valence-electron chi connectivity index (χ2n) is 3.12. The number of hydrogen-bond donors (Lipinski definition) is 0. The van der Waals surface area contributed by atoms with Gasteiger partial charge in [0.25, 0.3) is 5.56 Å². The predicted molar refractivity (Wildman–Crippen MR) is 62.3 cm³/mol. The maximum Gasteiger partial charge on any atom is 0.254 e. The molecule has 2 aromatic rings.